The van der Waals surface area contributed by atoms with Gasteiger partial charge in [0.05, 0.1) is 12.2 Å². The molecule has 0 bridgehead atoms. The Morgan fingerprint density at radius 3 is 2.41 bits per heavy atom. The predicted octanol–water partition coefficient (Wildman–Crippen LogP) is 2.78. The molecule has 1 rings (SSSR count). The van der Waals surface area contributed by atoms with Crippen molar-refractivity contribution in [3.63, 3.8) is 0 Å². The fourth-order valence-corrected chi connectivity index (χ4v) is 1.36. The van der Waals surface area contributed by atoms with Gasteiger partial charge in [-0.1, -0.05) is 0 Å². The zero-order valence-electron chi connectivity index (χ0n) is 10.0. The van der Waals surface area contributed by atoms with Crippen LogP contribution in [0.1, 0.15) is 13.8 Å². The number of hydrogen-bond acceptors (Lipinski definition) is 3. The van der Waals surface area contributed by atoms with Crippen LogP contribution >= 0.6 is 0 Å². The van der Waals surface area contributed by atoms with Crippen molar-refractivity contribution in [3.8, 4) is 0 Å². The molecular weight excluding hydrogens is 228 g/mol. The molecule has 5 heteroatoms. The van der Waals surface area contributed by atoms with E-state index in [0.29, 0.717) is 13.2 Å². The first-order valence-electron chi connectivity index (χ1n) is 5.59. The second kappa shape index (κ2) is 7.19. The van der Waals surface area contributed by atoms with E-state index >= 15 is 0 Å². The highest BCUT2D eigenvalue weighted by molar-refractivity contribution is 5.44. The lowest BCUT2D eigenvalue weighted by molar-refractivity contribution is -0.126. The molecule has 0 unspecified atom stereocenters. The minimum atomic E-state index is -0.502. The first-order chi connectivity index (χ1) is 8.17. The molecule has 1 aromatic carbocycles. The van der Waals surface area contributed by atoms with Crippen LogP contribution in [0, 0.1) is 11.6 Å². The standard InChI is InChI=1S/C12H17F2NO2/c1-3-16-12(17-4-2)8-15-11-7-9(13)5-6-10(11)14/h5-7,12,15H,3-4,8H2,1-2H3. The molecule has 0 amide bonds. The molecule has 17 heavy (non-hydrogen) atoms. The Balaban J connectivity index is 2.55. The number of halogens is 2. The molecule has 0 aliphatic carbocycles. The van der Waals surface area contributed by atoms with Gasteiger partial charge in [0.25, 0.3) is 0 Å². The maximum absolute atomic E-state index is 13.3. The Labute approximate surface area is 99.7 Å². The van der Waals surface area contributed by atoms with E-state index in [2.05, 4.69) is 5.32 Å². The lowest BCUT2D eigenvalue weighted by Crippen LogP contribution is -2.26. The summed E-state index contributed by atoms with van der Waals surface area (Å²) >= 11 is 0. The third kappa shape index (κ3) is 4.66. The highest BCUT2D eigenvalue weighted by atomic mass is 19.1. The van der Waals surface area contributed by atoms with Gasteiger partial charge in [0.1, 0.15) is 11.6 Å². The van der Waals surface area contributed by atoms with E-state index in [1.54, 1.807) is 0 Å². The summed E-state index contributed by atoms with van der Waals surface area (Å²) in [5.74, 6) is -0.989. The summed E-state index contributed by atoms with van der Waals surface area (Å²) in [4.78, 5) is 0. The van der Waals surface area contributed by atoms with Gasteiger partial charge in [-0.15, -0.1) is 0 Å². The maximum atomic E-state index is 13.3. The lowest BCUT2D eigenvalue weighted by atomic mass is 10.3. The van der Waals surface area contributed by atoms with Crippen LogP contribution in [-0.2, 0) is 9.47 Å². The SMILES string of the molecule is CCOC(CNc1cc(F)ccc1F)OCC. The molecule has 0 aliphatic rings. The molecule has 0 saturated heterocycles. The van der Waals surface area contributed by atoms with E-state index < -0.39 is 17.9 Å². The van der Waals surface area contributed by atoms with Gasteiger partial charge >= 0.3 is 0 Å². The van der Waals surface area contributed by atoms with Crippen LogP contribution in [0.4, 0.5) is 14.5 Å². The molecule has 0 radical (unpaired) electrons. The van der Waals surface area contributed by atoms with Gasteiger partial charge in [-0.05, 0) is 32.0 Å². The predicted molar refractivity (Wildman–Crippen MR) is 61.9 cm³/mol. The van der Waals surface area contributed by atoms with Gasteiger partial charge in [-0.2, -0.15) is 0 Å². The lowest BCUT2D eigenvalue weighted by Gasteiger charge is -2.18. The Morgan fingerprint density at radius 1 is 1.18 bits per heavy atom. The van der Waals surface area contributed by atoms with Gasteiger partial charge in [-0.25, -0.2) is 8.78 Å². The van der Waals surface area contributed by atoms with Crippen molar-refractivity contribution >= 4 is 5.69 Å². The smallest absolute Gasteiger partial charge is 0.174 e. The van der Waals surface area contributed by atoms with Crippen LogP contribution in [0.5, 0.6) is 0 Å². The second-order valence-electron chi connectivity index (χ2n) is 3.35. The van der Waals surface area contributed by atoms with E-state index in [9.17, 15) is 8.78 Å². The minimum absolute atomic E-state index is 0.106. The molecule has 96 valence electrons. The van der Waals surface area contributed by atoms with E-state index in [-0.39, 0.29) is 12.2 Å². The third-order valence-corrected chi connectivity index (χ3v) is 2.09. The summed E-state index contributed by atoms with van der Waals surface area (Å²) in [6.07, 6.45) is -0.465. The fraction of sp³-hybridized carbons (Fsp3) is 0.500. The molecule has 0 aromatic heterocycles. The fourth-order valence-electron chi connectivity index (χ4n) is 1.36. The van der Waals surface area contributed by atoms with Crippen molar-refractivity contribution in [3.05, 3.63) is 29.8 Å². The Kier molecular flexibility index (Phi) is 5.86. The Morgan fingerprint density at radius 2 is 1.82 bits per heavy atom. The van der Waals surface area contributed by atoms with E-state index in [1.165, 1.54) is 0 Å². The third-order valence-electron chi connectivity index (χ3n) is 2.09. The molecule has 0 saturated carbocycles. The van der Waals surface area contributed by atoms with Crippen molar-refractivity contribution in [1.29, 1.82) is 0 Å². The first-order valence-corrected chi connectivity index (χ1v) is 5.59. The van der Waals surface area contributed by atoms with Crippen LogP contribution in [0.2, 0.25) is 0 Å². The number of rotatable bonds is 7. The van der Waals surface area contributed by atoms with E-state index in [4.69, 9.17) is 9.47 Å². The van der Waals surface area contributed by atoms with Crippen LogP contribution in [0.3, 0.4) is 0 Å². The van der Waals surface area contributed by atoms with Gasteiger partial charge in [0, 0.05) is 13.2 Å². The highest BCUT2D eigenvalue weighted by Gasteiger charge is 2.09. The molecule has 0 aliphatic heterocycles. The molecule has 0 fully saturated rings. The Hall–Kier alpha value is -1.20. The van der Waals surface area contributed by atoms with E-state index in [0.717, 1.165) is 18.2 Å². The van der Waals surface area contributed by atoms with Crippen molar-refractivity contribution in [1.82, 2.24) is 0 Å². The topological polar surface area (TPSA) is 30.5 Å². The monoisotopic (exact) mass is 245 g/mol. The second-order valence-corrected chi connectivity index (χ2v) is 3.35. The zero-order valence-corrected chi connectivity index (χ0v) is 10.0. The number of benzene rings is 1. The average molecular weight is 245 g/mol. The molecule has 0 heterocycles. The van der Waals surface area contributed by atoms with Crippen LogP contribution < -0.4 is 5.32 Å². The van der Waals surface area contributed by atoms with Crippen molar-refractivity contribution in [2.45, 2.75) is 20.1 Å². The quantitative estimate of drug-likeness (QED) is 0.749. The van der Waals surface area contributed by atoms with Crippen molar-refractivity contribution in [2.24, 2.45) is 0 Å². The summed E-state index contributed by atoms with van der Waals surface area (Å²) in [6, 6.07) is 3.25. The summed E-state index contributed by atoms with van der Waals surface area (Å²) < 4.78 is 36.7. The molecular formula is C12H17F2NO2. The van der Waals surface area contributed by atoms with Crippen LogP contribution in [0.15, 0.2) is 18.2 Å². The highest BCUT2D eigenvalue weighted by Crippen LogP contribution is 2.15. The van der Waals surface area contributed by atoms with Crippen LogP contribution in [-0.4, -0.2) is 26.0 Å². The summed E-state index contributed by atoms with van der Waals surface area (Å²) in [6.45, 7) is 4.95. The van der Waals surface area contributed by atoms with Gasteiger partial charge < -0.3 is 14.8 Å². The van der Waals surface area contributed by atoms with Gasteiger partial charge in [0.15, 0.2) is 6.29 Å². The molecule has 0 spiro atoms. The zero-order chi connectivity index (χ0) is 12.7. The Bertz CT molecular complexity index is 341. The molecule has 1 aromatic rings. The average Bonchev–Trinajstić information content (AvgIpc) is 2.30. The minimum Gasteiger partial charge on any atom is -0.377 e. The maximum Gasteiger partial charge on any atom is 0.174 e. The van der Waals surface area contributed by atoms with E-state index in [1.807, 2.05) is 13.8 Å². The van der Waals surface area contributed by atoms with Crippen molar-refractivity contribution < 1.29 is 18.3 Å². The number of ether oxygens (including phenoxy) is 2. The van der Waals surface area contributed by atoms with Gasteiger partial charge in [-0.3, -0.25) is 0 Å². The normalized spacial score (nSPS) is 10.9. The number of nitrogens with one attached hydrogen (secondary N) is 1. The first kappa shape index (κ1) is 13.9. The summed E-state index contributed by atoms with van der Waals surface area (Å²) in [7, 11) is 0. The molecule has 1 N–H and O–H groups in total. The van der Waals surface area contributed by atoms with Crippen LogP contribution in [0.25, 0.3) is 0 Å². The summed E-state index contributed by atoms with van der Waals surface area (Å²) in [5, 5.41) is 2.76. The molecule has 3 nitrogen and oxygen atoms in total. The molecule has 0 atom stereocenters. The van der Waals surface area contributed by atoms with Gasteiger partial charge in [0.2, 0.25) is 0 Å². The number of hydrogen-bond donors (Lipinski definition) is 1. The van der Waals surface area contributed by atoms with Crippen molar-refractivity contribution in [2.75, 3.05) is 25.1 Å². The summed E-state index contributed by atoms with van der Waals surface area (Å²) in [5.41, 5.74) is 0.106. The number of anilines is 1. The largest absolute Gasteiger partial charge is 0.377 e.